The van der Waals surface area contributed by atoms with E-state index in [0.717, 1.165) is 38.5 Å². The third kappa shape index (κ3) is 14.2. The number of carbonyl (C=O) groups is 1. The molecule has 0 aromatic rings. The first-order valence-corrected chi connectivity index (χ1v) is 14.7. The molecule has 7 unspecified atom stereocenters. The molecule has 0 aliphatic carbocycles. The van der Waals surface area contributed by atoms with Crippen LogP contribution in [-0.4, -0.2) is 87.5 Å². The van der Waals surface area contributed by atoms with Crippen LogP contribution >= 0.6 is 0 Å². The van der Waals surface area contributed by atoms with Crippen molar-refractivity contribution >= 4 is 5.91 Å². The minimum atomic E-state index is -1.54. The van der Waals surface area contributed by atoms with Crippen LogP contribution in [-0.2, 0) is 14.3 Å². The molecule has 1 amide bonds. The molecule has 1 aliphatic heterocycles. The number of rotatable bonds is 22. The molecule has 9 heteroatoms. The fourth-order valence-electron chi connectivity index (χ4n) is 4.69. The topological polar surface area (TPSA) is 149 Å². The van der Waals surface area contributed by atoms with Crippen molar-refractivity contribution in [1.82, 2.24) is 5.32 Å². The van der Waals surface area contributed by atoms with E-state index in [1.54, 1.807) is 0 Å². The number of aliphatic hydroxyl groups excluding tert-OH is 5. The van der Waals surface area contributed by atoms with Crippen molar-refractivity contribution in [2.45, 2.75) is 159 Å². The SMILES string of the molecule is CCCCCCCCCCCCCC(O)C(COC1OC(CO)C(O)C(O)C1O)NC(=O)CCCCC. The predicted molar refractivity (Wildman–Crippen MR) is 143 cm³/mol. The van der Waals surface area contributed by atoms with E-state index in [2.05, 4.69) is 19.2 Å². The van der Waals surface area contributed by atoms with Gasteiger partial charge in [0, 0.05) is 6.42 Å². The second-order valence-corrected chi connectivity index (χ2v) is 10.6. The highest BCUT2D eigenvalue weighted by molar-refractivity contribution is 5.76. The third-order valence-corrected chi connectivity index (χ3v) is 7.21. The van der Waals surface area contributed by atoms with Crippen LogP contribution < -0.4 is 5.32 Å². The van der Waals surface area contributed by atoms with Crippen molar-refractivity contribution < 1.29 is 39.8 Å². The number of amides is 1. The van der Waals surface area contributed by atoms with Crippen LogP contribution in [0.1, 0.15) is 117 Å². The van der Waals surface area contributed by atoms with Crippen molar-refractivity contribution in [2.24, 2.45) is 0 Å². The van der Waals surface area contributed by atoms with Gasteiger partial charge in [-0.25, -0.2) is 0 Å². The summed E-state index contributed by atoms with van der Waals surface area (Å²) in [5.41, 5.74) is 0. The summed E-state index contributed by atoms with van der Waals surface area (Å²) in [7, 11) is 0. The number of unbranched alkanes of at least 4 members (excludes halogenated alkanes) is 12. The van der Waals surface area contributed by atoms with Gasteiger partial charge in [0.1, 0.15) is 24.4 Å². The molecule has 1 rings (SSSR count). The Balaban J connectivity index is 2.47. The highest BCUT2D eigenvalue weighted by atomic mass is 16.7. The molecule has 0 spiro atoms. The van der Waals surface area contributed by atoms with Crippen molar-refractivity contribution in [3.8, 4) is 0 Å². The van der Waals surface area contributed by atoms with E-state index in [1.807, 2.05) is 0 Å². The van der Waals surface area contributed by atoms with Gasteiger partial charge in [-0.3, -0.25) is 4.79 Å². The molecule has 1 aliphatic rings. The monoisotopic (exact) mass is 533 g/mol. The van der Waals surface area contributed by atoms with Gasteiger partial charge in [0.15, 0.2) is 6.29 Å². The molecule has 1 heterocycles. The summed E-state index contributed by atoms with van der Waals surface area (Å²) in [6.07, 6.45) is 9.10. The Kier molecular flexibility index (Phi) is 19.5. The molecule has 9 nitrogen and oxygen atoms in total. The first-order chi connectivity index (χ1) is 17.8. The molecule has 0 saturated carbocycles. The maximum Gasteiger partial charge on any atom is 0.220 e. The molecular weight excluding hydrogens is 478 g/mol. The average molecular weight is 534 g/mol. The number of carbonyl (C=O) groups excluding carboxylic acids is 1. The lowest BCUT2D eigenvalue weighted by Gasteiger charge is -2.40. The third-order valence-electron chi connectivity index (χ3n) is 7.21. The molecule has 1 saturated heterocycles. The molecule has 220 valence electrons. The standard InChI is InChI=1S/C28H55NO8/c1-3-5-7-8-9-10-11-12-13-14-16-17-22(31)21(29-24(32)18-15-6-4-2)20-36-28-27(35)26(34)25(33)23(19-30)37-28/h21-23,25-28,30-31,33-35H,3-20H2,1-2H3,(H,29,32). The quantitative estimate of drug-likeness (QED) is 0.116. The summed E-state index contributed by atoms with van der Waals surface area (Å²) in [5.74, 6) is -0.172. The van der Waals surface area contributed by atoms with Gasteiger partial charge in [-0.15, -0.1) is 0 Å². The second kappa shape index (κ2) is 21.1. The van der Waals surface area contributed by atoms with Crippen molar-refractivity contribution in [2.75, 3.05) is 13.2 Å². The average Bonchev–Trinajstić information content (AvgIpc) is 2.89. The Labute approximate surface area is 223 Å². The fraction of sp³-hybridized carbons (Fsp3) is 0.964. The van der Waals surface area contributed by atoms with Gasteiger partial charge in [-0.2, -0.15) is 0 Å². The van der Waals surface area contributed by atoms with Crippen molar-refractivity contribution in [3.63, 3.8) is 0 Å². The summed E-state index contributed by atoms with van der Waals surface area (Å²) in [4.78, 5) is 12.4. The zero-order valence-electron chi connectivity index (χ0n) is 23.2. The number of nitrogens with one attached hydrogen (secondary N) is 1. The normalized spacial score (nSPS) is 25.6. The summed E-state index contributed by atoms with van der Waals surface area (Å²) >= 11 is 0. The number of ether oxygens (including phenoxy) is 2. The smallest absolute Gasteiger partial charge is 0.220 e. The molecular formula is C28H55NO8. The predicted octanol–water partition coefficient (Wildman–Crippen LogP) is 2.93. The largest absolute Gasteiger partial charge is 0.394 e. The van der Waals surface area contributed by atoms with Gasteiger partial charge < -0.3 is 40.3 Å². The van der Waals surface area contributed by atoms with Gasteiger partial charge >= 0.3 is 0 Å². The Morgan fingerprint density at radius 1 is 0.811 bits per heavy atom. The Morgan fingerprint density at radius 2 is 1.35 bits per heavy atom. The van der Waals surface area contributed by atoms with E-state index >= 15 is 0 Å². The van der Waals surface area contributed by atoms with Gasteiger partial charge in [0.2, 0.25) is 5.91 Å². The van der Waals surface area contributed by atoms with E-state index < -0.39 is 49.5 Å². The van der Waals surface area contributed by atoms with E-state index in [4.69, 9.17) is 9.47 Å². The van der Waals surface area contributed by atoms with E-state index in [9.17, 15) is 30.3 Å². The number of aliphatic hydroxyl groups is 5. The molecule has 37 heavy (non-hydrogen) atoms. The Hall–Kier alpha value is -0.810. The van der Waals surface area contributed by atoms with Crippen molar-refractivity contribution in [1.29, 1.82) is 0 Å². The van der Waals surface area contributed by atoms with Crippen LogP contribution in [0.25, 0.3) is 0 Å². The zero-order valence-corrected chi connectivity index (χ0v) is 23.2. The Morgan fingerprint density at radius 3 is 1.92 bits per heavy atom. The molecule has 1 fully saturated rings. The van der Waals surface area contributed by atoms with Crippen LogP contribution in [0.3, 0.4) is 0 Å². The fourth-order valence-corrected chi connectivity index (χ4v) is 4.69. The summed E-state index contributed by atoms with van der Waals surface area (Å²) < 4.78 is 11.0. The van der Waals surface area contributed by atoms with Crippen LogP contribution in [0.15, 0.2) is 0 Å². The first-order valence-electron chi connectivity index (χ1n) is 14.7. The maximum atomic E-state index is 12.4. The summed E-state index contributed by atoms with van der Waals surface area (Å²) in [6, 6.07) is -0.704. The molecule has 6 N–H and O–H groups in total. The number of hydrogen-bond acceptors (Lipinski definition) is 8. The molecule has 0 aromatic carbocycles. The van der Waals surface area contributed by atoms with E-state index in [0.29, 0.717) is 12.8 Å². The minimum absolute atomic E-state index is 0.137. The van der Waals surface area contributed by atoms with Gasteiger partial charge in [0.05, 0.1) is 25.4 Å². The van der Waals surface area contributed by atoms with Gasteiger partial charge in [-0.1, -0.05) is 97.3 Å². The first kappa shape index (κ1) is 34.2. The lowest BCUT2D eigenvalue weighted by molar-refractivity contribution is -0.302. The zero-order chi connectivity index (χ0) is 27.5. The minimum Gasteiger partial charge on any atom is -0.394 e. The highest BCUT2D eigenvalue weighted by Gasteiger charge is 2.44. The number of hydrogen-bond donors (Lipinski definition) is 6. The van der Waals surface area contributed by atoms with Crippen molar-refractivity contribution in [3.05, 3.63) is 0 Å². The summed E-state index contributed by atoms with van der Waals surface area (Å²) in [5, 5.41) is 53.2. The van der Waals surface area contributed by atoms with Gasteiger partial charge in [0.25, 0.3) is 0 Å². The van der Waals surface area contributed by atoms with Crippen LogP contribution in [0.4, 0.5) is 0 Å². The second-order valence-electron chi connectivity index (χ2n) is 10.6. The molecule has 0 bridgehead atoms. The van der Waals surface area contributed by atoms with Gasteiger partial charge in [-0.05, 0) is 12.8 Å². The lowest BCUT2D eigenvalue weighted by Crippen LogP contribution is -2.60. The maximum absolute atomic E-state index is 12.4. The van der Waals surface area contributed by atoms with Crippen LogP contribution in [0, 0.1) is 0 Å². The lowest BCUT2D eigenvalue weighted by atomic mass is 9.99. The van der Waals surface area contributed by atoms with E-state index in [-0.39, 0.29) is 12.5 Å². The Bertz CT molecular complexity index is 564. The van der Waals surface area contributed by atoms with E-state index in [1.165, 1.54) is 51.4 Å². The highest BCUT2D eigenvalue weighted by Crippen LogP contribution is 2.22. The summed E-state index contributed by atoms with van der Waals surface area (Å²) in [6.45, 7) is 3.60. The van der Waals surface area contributed by atoms with Crippen LogP contribution in [0.2, 0.25) is 0 Å². The molecule has 0 aromatic heterocycles. The molecule has 0 radical (unpaired) electrons. The molecule has 7 atom stereocenters. The van der Waals surface area contributed by atoms with Crippen LogP contribution in [0.5, 0.6) is 0 Å².